The molecule has 0 fully saturated rings. The normalized spacial score (nSPS) is 12.1. The molecule has 1 N–H and O–H groups in total. The number of carbonyl (C=O) groups excluding carboxylic acids is 2. The Labute approximate surface area is 112 Å². The van der Waals surface area contributed by atoms with Gasteiger partial charge >= 0.3 is 11.9 Å². The third-order valence-electron chi connectivity index (χ3n) is 2.45. The Hall–Kier alpha value is -2.04. The first kappa shape index (κ1) is 15.0. The Morgan fingerprint density at radius 3 is 2.32 bits per heavy atom. The number of hydrogen-bond acceptors (Lipinski definition) is 5. The van der Waals surface area contributed by atoms with Gasteiger partial charge in [0, 0.05) is 0 Å². The van der Waals surface area contributed by atoms with Crippen LogP contribution in [0.1, 0.15) is 26.3 Å². The smallest absolute Gasteiger partial charge is 0.325 e. The molecule has 0 bridgehead atoms. The molecule has 5 heteroatoms. The SMILES string of the molecule is Cc1cc(OC(=O)C(C)C(=O)OC(C)C)ccc1O. The number of benzene rings is 1. The lowest BCUT2D eigenvalue weighted by Crippen LogP contribution is -2.28. The monoisotopic (exact) mass is 266 g/mol. The standard InChI is InChI=1S/C14H18O5/c1-8(2)18-13(16)10(4)14(17)19-11-5-6-12(15)9(3)7-11/h5-8,10,15H,1-4H3. The van der Waals surface area contributed by atoms with Crippen LogP contribution in [0.3, 0.4) is 0 Å². The molecule has 0 heterocycles. The summed E-state index contributed by atoms with van der Waals surface area (Å²) in [5.41, 5.74) is 0.586. The molecular formula is C14H18O5. The maximum Gasteiger partial charge on any atom is 0.325 e. The molecule has 0 aliphatic rings. The van der Waals surface area contributed by atoms with E-state index in [4.69, 9.17) is 9.47 Å². The molecule has 0 aliphatic heterocycles. The molecule has 5 nitrogen and oxygen atoms in total. The van der Waals surface area contributed by atoms with Gasteiger partial charge in [0.05, 0.1) is 6.10 Å². The van der Waals surface area contributed by atoms with Gasteiger partial charge in [-0.2, -0.15) is 0 Å². The molecule has 0 saturated carbocycles. The largest absolute Gasteiger partial charge is 0.508 e. The van der Waals surface area contributed by atoms with E-state index in [1.807, 2.05) is 0 Å². The Morgan fingerprint density at radius 1 is 1.16 bits per heavy atom. The Kier molecular flexibility index (Phi) is 4.92. The van der Waals surface area contributed by atoms with E-state index in [9.17, 15) is 14.7 Å². The fourth-order valence-corrected chi connectivity index (χ4v) is 1.33. The average Bonchev–Trinajstić information content (AvgIpc) is 2.32. The average molecular weight is 266 g/mol. The molecule has 1 rings (SSSR count). The quantitative estimate of drug-likeness (QED) is 0.514. The lowest BCUT2D eigenvalue weighted by Gasteiger charge is -2.13. The van der Waals surface area contributed by atoms with Crippen LogP contribution in [0.2, 0.25) is 0 Å². The third-order valence-corrected chi connectivity index (χ3v) is 2.45. The molecule has 0 aliphatic carbocycles. The second-order valence-corrected chi connectivity index (χ2v) is 4.58. The summed E-state index contributed by atoms with van der Waals surface area (Å²) in [6, 6.07) is 4.41. The predicted molar refractivity (Wildman–Crippen MR) is 68.9 cm³/mol. The van der Waals surface area contributed by atoms with E-state index < -0.39 is 17.9 Å². The van der Waals surface area contributed by atoms with Gasteiger partial charge in [-0.3, -0.25) is 9.59 Å². The Bertz CT molecular complexity index is 479. The van der Waals surface area contributed by atoms with Gasteiger partial charge in [-0.15, -0.1) is 0 Å². The topological polar surface area (TPSA) is 72.8 Å². The number of phenols is 1. The number of hydrogen-bond donors (Lipinski definition) is 1. The summed E-state index contributed by atoms with van der Waals surface area (Å²) in [6.45, 7) is 6.53. The fraction of sp³-hybridized carbons (Fsp3) is 0.429. The van der Waals surface area contributed by atoms with Crippen molar-refractivity contribution in [3.63, 3.8) is 0 Å². The Morgan fingerprint density at radius 2 is 1.79 bits per heavy atom. The van der Waals surface area contributed by atoms with Crippen LogP contribution in [0, 0.1) is 12.8 Å². The lowest BCUT2D eigenvalue weighted by molar-refractivity contribution is -0.159. The number of esters is 2. The van der Waals surface area contributed by atoms with Crippen molar-refractivity contribution in [2.75, 3.05) is 0 Å². The molecule has 0 radical (unpaired) electrons. The molecule has 1 aromatic rings. The molecular weight excluding hydrogens is 248 g/mol. The minimum Gasteiger partial charge on any atom is -0.508 e. The summed E-state index contributed by atoms with van der Waals surface area (Å²) in [7, 11) is 0. The molecule has 0 amide bonds. The number of aryl methyl sites for hydroxylation is 1. The van der Waals surface area contributed by atoms with Crippen LogP contribution in [0.15, 0.2) is 18.2 Å². The second-order valence-electron chi connectivity index (χ2n) is 4.58. The van der Waals surface area contributed by atoms with Crippen LogP contribution >= 0.6 is 0 Å². The summed E-state index contributed by atoms with van der Waals surface area (Å²) in [5, 5.41) is 9.36. The van der Waals surface area contributed by atoms with Gasteiger partial charge in [0.25, 0.3) is 0 Å². The zero-order valence-corrected chi connectivity index (χ0v) is 11.5. The molecule has 1 unspecified atom stereocenters. The highest BCUT2D eigenvalue weighted by Crippen LogP contribution is 2.22. The van der Waals surface area contributed by atoms with E-state index in [2.05, 4.69) is 0 Å². The van der Waals surface area contributed by atoms with Crippen LogP contribution in [0.25, 0.3) is 0 Å². The number of aromatic hydroxyl groups is 1. The summed E-state index contributed by atoms with van der Waals surface area (Å²) >= 11 is 0. The molecule has 0 spiro atoms. The lowest BCUT2D eigenvalue weighted by atomic mass is 10.2. The highest BCUT2D eigenvalue weighted by Gasteiger charge is 2.26. The van der Waals surface area contributed by atoms with Crippen LogP contribution in [0.5, 0.6) is 11.5 Å². The van der Waals surface area contributed by atoms with E-state index in [0.29, 0.717) is 5.56 Å². The first-order chi connectivity index (χ1) is 8.81. The third kappa shape index (κ3) is 4.28. The van der Waals surface area contributed by atoms with Gasteiger partial charge in [-0.1, -0.05) is 0 Å². The van der Waals surface area contributed by atoms with E-state index in [-0.39, 0.29) is 17.6 Å². The number of phenolic OH excluding ortho intramolecular Hbond substituents is 1. The van der Waals surface area contributed by atoms with Crippen molar-refractivity contribution in [2.24, 2.45) is 5.92 Å². The van der Waals surface area contributed by atoms with E-state index >= 15 is 0 Å². The van der Waals surface area contributed by atoms with E-state index in [1.165, 1.54) is 25.1 Å². The zero-order valence-electron chi connectivity index (χ0n) is 11.5. The van der Waals surface area contributed by atoms with Crippen molar-refractivity contribution in [3.05, 3.63) is 23.8 Å². The molecule has 104 valence electrons. The number of rotatable bonds is 4. The minimum absolute atomic E-state index is 0.118. The minimum atomic E-state index is -0.989. The summed E-state index contributed by atoms with van der Waals surface area (Å²) < 4.78 is 10.00. The molecule has 1 atom stereocenters. The van der Waals surface area contributed by atoms with Crippen molar-refractivity contribution in [2.45, 2.75) is 33.8 Å². The van der Waals surface area contributed by atoms with Gasteiger partial charge < -0.3 is 14.6 Å². The molecule has 1 aromatic carbocycles. The summed E-state index contributed by atoms with van der Waals surface area (Å²) in [6.07, 6.45) is -0.279. The van der Waals surface area contributed by atoms with Crippen molar-refractivity contribution in [1.82, 2.24) is 0 Å². The van der Waals surface area contributed by atoms with Gasteiger partial charge in [0.15, 0.2) is 5.92 Å². The van der Waals surface area contributed by atoms with Crippen LogP contribution in [0.4, 0.5) is 0 Å². The maximum atomic E-state index is 11.7. The first-order valence-corrected chi connectivity index (χ1v) is 6.03. The highest BCUT2D eigenvalue weighted by molar-refractivity contribution is 5.95. The summed E-state index contributed by atoms with van der Waals surface area (Å²) in [4.78, 5) is 23.3. The highest BCUT2D eigenvalue weighted by atomic mass is 16.6. The number of carbonyl (C=O) groups is 2. The van der Waals surface area contributed by atoms with Crippen molar-refractivity contribution in [3.8, 4) is 11.5 Å². The van der Waals surface area contributed by atoms with E-state index in [1.54, 1.807) is 20.8 Å². The number of ether oxygens (including phenoxy) is 2. The zero-order chi connectivity index (χ0) is 14.6. The fourth-order valence-electron chi connectivity index (χ4n) is 1.33. The maximum absolute atomic E-state index is 11.7. The van der Waals surface area contributed by atoms with Gasteiger partial charge in [0.1, 0.15) is 11.5 Å². The molecule has 0 saturated heterocycles. The predicted octanol–water partition coefficient (Wildman–Crippen LogP) is 2.19. The van der Waals surface area contributed by atoms with Crippen molar-refractivity contribution >= 4 is 11.9 Å². The molecule has 0 aromatic heterocycles. The van der Waals surface area contributed by atoms with Crippen molar-refractivity contribution < 1.29 is 24.2 Å². The second kappa shape index (κ2) is 6.22. The van der Waals surface area contributed by atoms with Crippen LogP contribution in [-0.2, 0) is 14.3 Å². The Balaban J connectivity index is 2.68. The van der Waals surface area contributed by atoms with Gasteiger partial charge in [-0.25, -0.2) is 0 Å². The van der Waals surface area contributed by atoms with E-state index in [0.717, 1.165) is 0 Å². The first-order valence-electron chi connectivity index (χ1n) is 6.03. The van der Waals surface area contributed by atoms with Crippen LogP contribution < -0.4 is 4.74 Å². The van der Waals surface area contributed by atoms with Crippen LogP contribution in [-0.4, -0.2) is 23.1 Å². The summed E-state index contributed by atoms with van der Waals surface area (Å²) in [5.74, 6) is -1.89. The molecule has 19 heavy (non-hydrogen) atoms. The van der Waals surface area contributed by atoms with Crippen molar-refractivity contribution in [1.29, 1.82) is 0 Å². The van der Waals surface area contributed by atoms with Gasteiger partial charge in [0.2, 0.25) is 0 Å². The van der Waals surface area contributed by atoms with Gasteiger partial charge in [-0.05, 0) is 51.5 Å².